The Morgan fingerprint density at radius 3 is 1.11 bits per heavy atom. The average Bonchev–Trinajstić information content (AvgIpc) is 2.97. The smallest absolute Gasteiger partial charge is 0.327 e. The molecule has 264 valence electrons. The van der Waals surface area contributed by atoms with E-state index in [1.807, 2.05) is 0 Å². The zero-order chi connectivity index (χ0) is 36.4. The summed E-state index contributed by atoms with van der Waals surface area (Å²) < 4.78 is 0. The number of carbonyl (C=O) groups is 10. The fourth-order valence-electron chi connectivity index (χ4n) is 3.57. The number of rotatable bonds is 23. The molecule has 0 aliphatic carbocycles. The van der Waals surface area contributed by atoms with Gasteiger partial charge in [-0.05, 0) is 12.8 Å². The first-order valence-corrected chi connectivity index (χ1v) is 14.9. The summed E-state index contributed by atoms with van der Waals surface area (Å²) in [6.07, 6.45) is -3.45. The molecule has 0 saturated heterocycles. The standard InChI is InChI=1S/C24H40N10O11S2/c25-9(7-46)19(39)32-12(5-17(28)37)22(42)30-10(1-3-15(26)35)20(40)33-13(6-18(29)38)23(43)31-11(2-4-16(27)36)21(41)34-14(8-47)24(44)45/h9-14,46-47H,1-8,25H2,(H2,26,35)(H2,27,36)(H2,28,37)(H2,29,38)(H,30,42)(H,31,43)(H,32,39)(H,33,40)(H,34,41)(H,44,45)/t9-,10-,11-,12-,13-,14-/m0/s1. The third-order valence-corrected chi connectivity index (χ3v) is 6.79. The van der Waals surface area contributed by atoms with E-state index < -0.39 is 134 Å². The average molecular weight is 709 g/mol. The highest BCUT2D eigenvalue weighted by molar-refractivity contribution is 7.80. The first kappa shape index (κ1) is 42.4. The molecule has 9 amide bonds. The third-order valence-electron chi connectivity index (χ3n) is 6.03. The van der Waals surface area contributed by atoms with Gasteiger partial charge in [-0.3, -0.25) is 43.2 Å². The predicted octanol–water partition coefficient (Wildman–Crippen LogP) is -7.04. The number of aliphatic carboxylic acids is 1. The SMILES string of the molecule is NC(=O)CC[C@H](NC(=O)[C@H](CC(N)=O)NC(=O)[C@H](CCC(N)=O)NC(=O)[C@H](CC(N)=O)NC(=O)[C@@H](N)CS)C(=O)N[C@@H](CS)C(=O)O. The molecule has 0 aromatic heterocycles. The highest BCUT2D eigenvalue weighted by Crippen LogP contribution is 2.06. The molecule has 21 nitrogen and oxygen atoms in total. The van der Waals surface area contributed by atoms with Crippen LogP contribution in [0.25, 0.3) is 0 Å². The van der Waals surface area contributed by atoms with Crippen molar-refractivity contribution in [2.45, 2.75) is 74.8 Å². The molecule has 16 N–H and O–H groups in total. The summed E-state index contributed by atoms with van der Waals surface area (Å²) in [5.41, 5.74) is 26.2. The lowest BCUT2D eigenvalue weighted by molar-refractivity contribution is -0.142. The number of carboxylic acids is 1. The molecule has 0 aliphatic rings. The Balaban J connectivity index is 6.20. The van der Waals surface area contributed by atoms with Gasteiger partial charge in [0.25, 0.3) is 0 Å². The van der Waals surface area contributed by atoms with Crippen molar-refractivity contribution in [1.29, 1.82) is 0 Å². The Morgan fingerprint density at radius 1 is 0.489 bits per heavy atom. The van der Waals surface area contributed by atoms with Gasteiger partial charge in [0, 0.05) is 24.3 Å². The van der Waals surface area contributed by atoms with E-state index >= 15 is 0 Å². The number of thiol groups is 2. The van der Waals surface area contributed by atoms with Crippen LogP contribution >= 0.6 is 25.3 Å². The van der Waals surface area contributed by atoms with Crippen molar-refractivity contribution < 1.29 is 53.1 Å². The van der Waals surface area contributed by atoms with Crippen LogP contribution in [-0.4, -0.2) is 112 Å². The van der Waals surface area contributed by atoms with Crippen molar-refractivity contribution in [1.82, 2.24) is 26.6 Å². The first-order valence-electron chi connectivity index (χ1n) is 13.7. The minimum atomic E-state index is -1.83. The molecular weight excluding hydrogens is 668 g/mol. The van der Waals surface area contributed by atoms with E-state index in [1.54, 1.807) is 0 Å². The number of hydrogen-bond acceptors (Lipinski definition) is 13. The van der Waals surface area contributed by atoms with Crippen molar-refractivity contribution in [2.75, 3.05) is 11.5 Å². The Bertz CT molecular complexity index is 1220. The molecule has 0 aliphatic heterocycles. The summed E-state index contributed by atoms with van der Waals surface area (Å²) in [5, 5.41) is 20.0. The van der Waals surface area contributed by atoms with Crippen LogP contribution in [0.1, 0.15) is 38.5 Å². The van der Waals surface area contributed by atoms with Gasteiger partial charge in [0.1, 0.15) is 30.2 Å². The fraction of sp³-hybridized carbons (Fsp3) is 0.583. The second-order valence-corrected chi connectivity index (χ2v) is 10.7. The summed E-state index contributed by atoms with van der Waals surface area (Å²) in [6.45, 7) is 0. The fourth-order valence-corrected chi connectivity index (χ4v) is 3.98. The Kier molecular flexibility index (Phi) is 19.1. The van der Waals surface area contributed by atoms with Crippen LogP contribution in [0.3, 0.4) is 0 Å². The maximum absolute atomic E-state index is 13.3. The maximum atomic E-state index is 13.3. The summed E-state index contributed by atoms with van der Waals surface area (Å²) in [5.74, 6) is -11.4. The minimum Gasteiger partial charge on any atom is -0.480 e. The number of nitrogens with one attached hydrogen (secondary N) is 5. The van der Waals surface area contributed by atoms with Gasteiger partial charge >= 0.3 is 5.97 Å². The van der Waals surface area contributed by atoms with Crippen molar-refractivity contribution in [2.24, 2.45) is 28.7 Å². The van der Waals surface area contributed by atoms with Crippen LogP contribution in [-0.2, 0) is 47.9 Å². The Labute approximate surface area is 278 Å². The van der Waals surface area contributed by atoms with E-state index in [9.17, 15) is 53.1 Å². The number of carbonyl (C=O) groups excluding carboxylic acids is 9. The summed E-state index contributed by atoms with van der Waals surface area (Å²) in [6, 6.07) is -9.43. The molecule has 23 heteroatoms. The highest BCUT2D eigenvalue weighted by atomic mass is 32.1. The van der Waals surface area contributed by atoms with E-state index in [4.69, 9.17) is 28.7 Å². The Morgan fingerprint density at radius 2 is 0.809 bits per heavy atom. The van der Waals surface area contributed by atoms with Crippen LogP contribution in [0.4, 0.5) is 0 Å². The lowest BCUT2D eigenvalue weighted by atomic mass is 10.1. The highest BCUT2D eigenvalue weighted by Gasteiger charge is 2.34. The van der Waals surface area contributed by atoms with Crippen LogP contribution in [0, 0.1) is 0 Å². The number of nitrogens with two attached hydrogens (primary N) is 5. The van der Waals surface area contributed by atoms with Crippen molar-refractivity contribution in [3.63, 3.8) is 0 Å². The van der Waals surface area contributed by atoms with E-state index in [-0.39, 0.29) is 11.5 Å². The van der Waals surface area contributed by atoms with Crippen LogP contribution < -0.4 is 55.3 Å². The van der Waals surface area contributed by atoms with Crippen LogP contribution in [0.5, 0.6) is 0 Å². The van der Waals surface area contributed by atoms with Gasteiger partial charge in [-0.15, -0.1) is 0 Å². The molecule has 0 unspecified atom stereocenters. The second kappa shape index (κ2) is 21.2. The van der Waals surface area contributed by atoms with E-state index in [0.29, 0.717) is 0 Å². The normalized spacial score (nSPS) is 14.4. The predicted molar refractivity (Wildman–Crippen MR) is 167 cm³/mol. The molecule has 0 fully saturated rings. The Hall–Kier alpha value is -4.64. The zero-order valence-electron chi connectivity index (χ0n) is 24.9. The summed E-state index contributed by atoms with van der Waals surface area (Å²) in [7, 11) is 0. The van der Waals surface area contributed by atoms with E-state index in [1.165, 1.54) is 0 Å². The number of primary amides is 4. The zero-order valence-corrected chi connectivity index (χ0v) is 26.7. The van der Waals surface area contributed by atoms with Gasteiger partial charge in [0.15, 0.2) is 0 Å². The number of carboxylic acid groups (broad SMARTS) is 1. The minimum absolute atomic E-state index is 0.135. The lowest BCUT2D eigenvalue weighted by Gasteiger charge is -2.26. The molecule has 0 bridgehead atoms. The van der Waals surface area contributed by atoms with Gasteiger partial charge in [0.05, 0.1) is 18.9 Å². The lowest BCUT2D eigenvalue weighted by Crippen LogP contribution is -2.60. The molecule has 47 heavy (non-hydrogen) atoms. The molecule has 6 atom stereocenters. The van der Waals surface area contributed by atoms with Crippen LogP contribution in [0.15, 0.2) is 0 Å². The summed E-state index contributed by atoms with van der Waals surface area (Å²) >= 11 is 7.69. The number of amides is 9. The van der Waals surface area contributed by atoms with Gasteiger partial charge in [-0.25, -0.2) is 4.79 Å². The van der Waals surface area contributed by atoms with Gasteiger partial charge < -0.3 is 60.4 Å². The molecule has 0 heterocycles. The van der Waals surface area contributed by atoms with E-state index in [0.717, 1.165) is 0 Å². The first-order chi connectivity index (χ1) is 21.8. The topological polar surface area (TPSA) is 381 Å². The monoisotopic (exact) mass is 708 g/mol. The molecule has 0 radical (unpaired) electrons. The molecule has 0 aromatic carbocycles. The van der Waals surface area contributed by atoms with Gasteiger partial charge in [0.2, 0.25) is 53.2 Å². The van der Waals surface area contributed by atoms with E-state index in [2.05, 4.69) is 51.8 Å². The van der Waals surface area contributed by atoms with Crippen molar-refractivity contribution in [3.05, 3.63) is 0 Å². The van der Waals surface area contributed by atoms with Crippen LogP contribution in [0.2, 0.25) is 0 Å². The molecule has 0 spiro atoms. The largest absolute Gasteiger partial charge is 0.480 e. The maximum Gasteiger partial charge on any atom is 0.327 e. The molecule has 0 rings (SSSR count). The quantitative estimate of drug-likeness (QED) is 0.0440. The van der Waals surface area contributed by atoms with Gasteiger partial charge in [-0.1, -0.05) is 0 Å². The number of hydrogen-bond donors (Lipinski definition) is 13. The van der Waals surface area contributed by atoms with Crippen molar-refractivity contribution >= 4 is 84.4 Å². The second-order valence-electron chi connectivity index (χ2n) is 9.97. The van der Waals surface area contributed by atoms with Crippen molar-refractivity contribution in [3.8, 4) is 0 Å². The molecular formula is C24H40N10O11S2. The molecule has 0 saturated carbocycles. The van der Waals surface area contributed by atoms with Gasteiger partial charge in [-0.2, -0.15) is 25.3 Å². The third kappa shape index (κ3) is 17.0. The molecule has 0 aromatic rings. The summed E-state index contributed by atoms with van der Waals surface area (Å²) in [4.78, 5) is 122.